The average Bonchev–Trinajstić information content (AvgIpc) is 3.25. The highest BCUT2D eigenvalue weighted by molar-refractivity contribution is 9.10. The zero-order valence-electron chi connectivity index (χ0n) is 12.7. The minimum atomic E-state index is -0.730. The predicted molar refractivity (Wildman–Crippen MR) is 86.3 cm³/mol. The van der Waals surface area contributed by atoms with Crippen molar-refractivity contribution in [2.24, 2.45) is 11.3 Å². The van der Waals surface area contributed by atoms with Crippen LogP contribution in [0.2, 0.25) is 0 Å². The monoisotopic (exact) mass is 368 g/mol. The van der Waals surface area contributed by atoms with Gasteiger partial charge in [0.05, 0.1) is 30.7 Å². The van der Waals surface area contributed by atoms with E-state index in [9.17, 15) is 4.79 Å². The Kier molecular flexibility index (Phi) is 4.46. The van der Waals surface area contributed by atoms with Crippen LogP contribution in [0.4, 0.5) is 0 Å². The normalized spacial score (nSPS) is 21.0. The molecule has 3 rings (SSSR count). The molecule has 1 atom stereocenters. The van der Waals surface area contributed by atoms with E-state index < -0.39 is 5.97 Å². The Bertz CT molecular complexity index is 564. The highest BCUT2D eigenvalue weighted by atomic mass is 79.9. The van der Waals surface area contributed by atoms with Crippen LogP contribution in [-0.4, -0.2) is 30.9 Å². The third-order valence-corrected chi connectivity index (χ3v) is 5.07. The summed E-state index contributed by atoms with van der Waals surface area (Å²) in [4.78, 5) is 11.1. The first-order chi connectivity index (χ1) is 10.5. The molecule has 1 aromatic carbocycles. The summed E-state index contributed by atoms with van der Waals surface area (Å²) in [5.74, 6) is 0.703. The highest BCUT2D eigenvalue weighted by Gasteiger charge is 2.35. The van der Waals surface area contributed by atoms with Crippen molar-refractivity contribution in [3.63, 3.8) is 0 Å². The molecule has 1 saturated heterocycles. The number of hydrogen-bond acceptors (Lipinski definition) is 3. The van der Waals surface area contributed by atoms with Crippen molar-refractivity contribution in [3.8, 4) is 5.75 Å². The number of hydrogen-bond donors (Lipinski definition) is 1. The Labute approximate surface area is 138 Å². The third-order valence-electron chi connectivity index (χ3n) is 4.45. The maximum absolute atomic E-state index is 11.1. The van der Waals surface area contributed by atoms with Gasteiger partial charge in [0.2, 0.25) is 0 Å². The number of carboxylic acid groups (broad SMARTS) is 1. The Morgan fingerprint density at radius 3 is 2.73 bits per heavy atom. The lowest BCUT2D eigenvalue weighted by Gasteiger charge is -2.37. The number of carboxylic acids is 1. The number of halogens is 1. The molecule has 0 spiro atoms. The molecule has 4 nitrogen and oxygen atoms in total. The van der Waals surface area contributed by atoms with E-state index in [1.165, 1.54) is 0 Å². The first-order valence-electron chi connectivity index (χ1n) is 7.69. The van der Waals surface area contributed by atoms with Gasteiger partial charge >= 0.3 is 5.97 Å². The van der Waals surface area contributed by atoms with E-state index in [0.717, 1.165) is 41.8 Å². The van der Waals surface area contributed by atoms with Crippen LogP contribution >= 0.6 is 15.9 Å². The second-order valence-corrected chi connectivity index (χ2v) is 7.68. The van der Waals surface area contributed by atoms with Crippen LogP contribution in [0.3, 0.4) is 0 Å². The number of ether oxygens (including phenoxy) is 2. The lowest BCUT2D eigenvalue weighted by Crippen LogP contribution is -2.44. The Morgan fingerprint density at radius 2 is 2.23 bits per heavy atom. The van der Waals surface area contributed by atoms with E-state index in [0.29, 0.717) is 12.5 Å². The van der Waals surface area contributed by atoms with E-state index in [1.807, 2.05) is 18.2 Å². The fourth-order valence-electron chi connectivity index (χ4n) is 2.89. The summed E-state index contributed by atoms with van der Waals surface area (Å²) < 4.78 is 12.0. The summed E-state index contributed by atoms with van der Waals surface area (Å²) in [7, 11) is 0. The molecule has 0 bridgehead atoms. The molecule has 2 aliphatic rings. The lowest BCUT2D eigenvalue weighted by molar-refractivity contribution is -0.137. The highest BCUT2D eigenvalue weighted by Crippen LogP contribution is 2.45. The molecule has 0 amide bonds. The first kappa shape index (κ1) is 15.8. The van der Waals surface area contributed by atoms with Crippen molar-refractivity contribution < 1.29 is 19.4 Å². The van der Waals surface area contributed by atoms with E-state index >= 15 is 0 Å². The molecule has 1 N–H and O–H groups in total. The molecule has 1 unspecified atom stereocenters. The molecule has 1 heterocycles. The minimum absolute atomic E-state index is 0.109. The fourth-order valence-corrected chi connectivity index (χ4v) is 3.40. The number of carbonyl (C=O) groups is 1. The summed E-state index contributed by atoms with van der Waals surface area (Å²) in [6.45, 7) is 4.26. The second kappa shape index (κ2) is 6.20. The largest absolute Gasteiger partial charge is 0.492 e. The molecule has 0 radical (unpaired) electrons. The van der Waals surface area contributed by atoms with Crippen molar-refractivity contribution in [2.75, 3.05) is 19.8 Å². The van der Waals surface area contributed by atoms with Crippen LogP contribution in [0, 0.1) is 11.3 Å². The summed E-state index contributed by atoms with van der Waals surface area (Å²) in [6, 6.07) is 5.96. The molecule has 2 fully saturated rings. The summed E-state index contributed by atoms with van der Waals surface area (Å²) in [5.41, 5.74) is 1.19. The molecule has 1 aromatic rings. The summed E-state index contributed by atoms with van der Waals surface area (Å²) in [6.07, 6.45) is 2.46. The lowest BCUT2D eigenvalue weighted by atomic mass is 9.90. The van der Waals surface area contributed by atoms with E-state index in [1.54, 1.807) is 0 Å². The van der Waals surface area contributed by atoms with Crippen molar-refractivity contribution in [2.45, 2.75) is 32.1 Å². The van der Waals surface area contributed by atoms with Gasteiger partial charge in [-0.15, -0.1) is 0 Å². The quantitative estimate of drug-likeness (QED) is 0.794. The Morgan fingerprint density at radius 1 is 1.50 bits per heavy atom. The zero-order valence-corrected chi connectivity index (χ0v) is 14.3. The number of aliphatic carboxylic acids is 1. The molecule has 1 saturated carbocycles. The average molecular weight is 369 g/mol. The molecule has 22 heavy (non-hydrogen) atoms. The molecule has 0 aromatic heterocycles. The maximum atomic E-state index is 11.1. The van der Waals surface area contributed by atoms with Gasteiger partial charge < -0.3 is 14.6 Å². The van der Waals surface area contributed by atoms with Gasteiger partial charge in [0.25, 0.3) is 0 Å². The van der Waals surface area contributed by atoms with Crippen LogP contribution in [-0.2, 0) is 9.53 Å². The maximum Gasteiger partial charge on any atom is 0.303 e. The van der Waals surface area contributed by atoms with Gasteiger partial charge in [-0.25, -0.2) is 0 Å². The van der Waals surface area contributed by atoms with Gasteiger partial charge in [-0.05, 0) is 58.3 Å². The van der Waals surface area contributed by atoms with Crippen molar-refractivity contribution >= 4 is 21.9 Å². The summed E-state index contributed by atoms with van der Waals surface area (Å²) in [5, 5.41) is 9.10. The van der Waals surface area contributed by atoms with Gasteiger partial charge in [0.1, 0.15) is 5.75 Å². The summed E-state index contributed by atoms with van der Waals surface area (Å²) >= 11 is 3.56. The van der Waals surface area contributed by atoms with Gasteiger partial charge in [0, 0.05) is 5.41 Å². The molecule has 1 aliphatic heterocycles. The SMILES string of the molecule is CC1(COc2ccc(C(CC(=O)O)C3CC3)cc2Br)COC1. The van der Waals surface area contributed by atoms with Gasteiger partial charge in [-0.1, -0.05) is 13.0 Å². The zero-order chi connectivity index (χ0) is 15.7. The topological polar surface area (TPSA) is 55.8 Å². The van der Waals surface area contributed by atoms with Crippen molar-refractivity contribution in [1.29, 1.82) is 0 Å². The van der Waals surface area contributed by atoms with E-state index in [2.05, 4.69) is 22.9 Å². The Hall–Kier alpha value is -1.07. The second-order valence-electron chi connectivity index (χ2n) is 6.82. The number of rotatable bonds is 7. The molecular weight excluding hydrogens is 348 g/mol. The standard InChI is InChI=1S/C17H21BrO4/c1-17(8-21-9-17)10-22-15-5-4-12(6-14(15)18)13(7-16(19)20)11-2-3-11/h4-6,11,13H,2-3,7-10H2,1H3,(H,19,20). The van der Waals surface area contributed by atoms with Crippen LogP contribution in [0.15, 0.2) is 22.7 Å². The first-order valence-corrected chi connectivity index (χ1v) is 8.48. The predicted octanol–water partition coefficient (Wildman–Crippen LogP) is 3.83. The van der Waals surface area contributed by atoms with Crippen LogP contribution in [0.1, 0.15) is 37.7 Å². The molecule has 5 heteroatoms. The Balaban J connectivity index is 1.69. The number of benzene rings is 1. The van der Waals surface area contributed by atoms with Gasteiger partial charge in [-0.2, -0.15) is 0 Å². The van der Waals surface area contributed by atoms with Gasteiger partial charge in [0.15, 0.2) is 0 Å². The molecular formula is C17H21BrO4. The van der Waals surface area contributed by atoms with E-state index in [-0.39, 0.29) is 17.8 Å². The smallest absolute Gasteiger partial charge is 0.303 e. The van der Waals surface area contributed by atoms with Crippen LogP contribution in [0.25, 0.3) is 0 Å². The molecule has 120 valence electrons. The van der Waals surface area contributed by atoms with Crippen molar-refractivity contribution in [1.82, 2.24) is 0 Å². The van der Waals surface area contributed by atoms with E-state index in [4.69, 9.17) is 14.6 Å². The van der Waals surface area contributed by atoms with Crippen LogP contribution < -0.4 is 4.74 Å². The van der Waals surface area contributed by atoms with Gasteiger partial charge in [-0.3, -0.25) is 4.79 Å². The molecule has 1 aliphatic carbocycles. The van der Waals surface area contributed by atoms with Crippen molar-refractivity contribution in [3.05, 3.63) is 28.2 Å². The minimum Gasteiger partial charge on any atom is -0.492 e. The fraction of sp³-hybridized carbons (Fsp3) is 0.588. The third kappa shape index (κ3) is 3.63. The van der Waals surface area contributed by atoms with Crippen LogP contribution in [0.5, 0.6) is 5.75 Å².